The monoisotopic (exact) mass is 284 g/mol. The summed E-state index contributed by atoms with van der Waals surface area (Å²) in [6, 6.07) is 0.191. The van der Waals surface area contributed by atoms with Crippen molar-refractivity contribution in [1.29, 1.82) is 0 Å². The molecule has 0 radical (unpaired) electrons. The molecule has 0 aromatic rings. The fraction of sp³-hybridized carbons (Fsp3) is 0.933. The van der Waals surface area contributed by atoms with Crippen molar-refractivity contribution in [3.05, 3.63) is 0 Å². The lowest BCUT2D eigenvalue weighted by Crippen LogP contribution is -2.49. The summed E-state index contributed by atoms with van der Waals surface area (Å²) < 4.78 is 10.9. The Morgan fingerprint density at radius 1 is 1.20 bits per heavy atom. The first-order valence-corrected chi connectivity index (χ1v) is 7.90. The normalized spacial score (nSPS) is 27.2. The molecule has 5 heteroatoms. The molecular formula is C15H28N2O3. The molecule has 2 fully saturated rings. The molecule has 2 rings (SSSR count). The van der Waals surface area contributed by atoms with E-state index in [1.165, 1.54) is 0 Å². The molecule has 0 aromatic carbocycles. The molecule has 2 N–H and O–H groups in total. The molecule has 3 atom stereocenters. The van der Waals surface area contributed by atoms with Crippen molar-refractivity contribution in [2.75, 3.05) is 26.4 Å². The van der Waals surface area contributed by atoms with Gasteiger partial charge in [-0.1, -0.05) is 0 Å². The van der Waals surface area contributed by atoms with E-state index in [4.69, 9.17) is 9.47 Å². The standard InChI is InChI=1S/C15H28N2O3/c1-11(13-5-8-19-9-6-13)17-12(2)15(18)16-10-14-4-3-7-20-14/h11-14,17H,3-10H2,1-2H3,(H,16,18)/t11-,12-,14-/m0/s1. The maximum Gasteiger partial charge on any atom is 0.236 e. The van der Waals surface area contributed by atoms with Gasteiger partial charge in [-0.3, -0.25) is 4.79 Å². The van der Waals surface area contributed by atoms with Crippen LogP contribution in [0.5, 0.6) is 0 Å². The van der Waals surface area contributed by atoms with Crippen molar-refractivity contribution in [1.82, 2.24) is 10.6 Å². The van der Waals surface area contributed by atoms with Gasteiger partial charge >= 0.3 is 0 Å². The van der Waals surface area contributed by atoms with Crippen molar-refractivity contribution < 1.29 is 14.3 Å². The molecule has 20 heavy (non-hydrogen) atoms. The Balaban J connectivity index is 1.66. The minimum atomic E-state index is -0.158. The molecule has 2 aliphatic rings. The minimum absolute atomic E-state index is 0.0689. The zero-order chi connectivity index (χ0) is 14.4. The maximum atomic E-state index is 12.1. The number of nitrogens with one attached hydrogen (secondary N) is 2. The van der Waals surface area contributed by atoms with E-state index in [-0.39, 0.29) is 18.1 Å². The fourth-order valence-electron chi connectivity index (χ4n) is 2.99. The van der Waals surface area contributed by atoms with Crippen LogP contribution in [-0.4, -0.2) is 50.5 Å². The van der Waals surface area contributed by atoms with E-state index in [9.17, 15) is 4.79 Å². The fourth-order valence-corrected chi connectivity index (χ4v) is 2.99. The molecular weight excluding hydrogens is 256 g/mol. The highest BCUT2D eigenvalue weighted by atomic mass is 16.5. The first-order valence-electron chi connectivity index (χ1n) is 7.90. The molecule has 0 aromatic heterocycles. The number of rotatable bonds is 6. The number of hydrogen-bond donors (Lipinski definition) is 2. The molecule has 0 aliphatic carbocycles. The largest absolute Gasteiger partial charge is 0.381 e. The second kappa shape index (κ2) is 7.96. The van der Waals surface area contributed by atoms with Gasteiger partial charge in [0.2, 0.25) is 5.91 Å². The van der Waals surface area contributed by atoms with Crippen LogP contribution in [0.3, 0.4) is 0 Å². The van der Waals surface area contributed by atoms with Crippen LogP contribution in [-0.2, 0) is 14.3 Å². The van der Waals surface area contributed by atoms with Crippen LogP contribution in [0.25, 0.3) is 0 Å². The predicted octanol–water partition coefficient (Wildman–Crippen LogP) is 1.07. The second-order valence-electron chi connectivity index (χ2n) is 6.01. The summed E-state index contributed by atoms with van der Waals surface area (Å²) in [5.74, 6) is 0.677. The van der Waals surface area contributed by atoms with Crippen molar-refractivity contribution in [3.63, 3.8) is 0 Å². The summed E-state index contributed by atoms with van der Waals surface area (Å²) in [4.78, 5) is 12.1. The lowest BCUT2D eigenvalue weighted by atomic mass is 9.92. The molecule has 2 saturated heterocycles. The van der Waals surface area contributed by atoms with Gasteiger partial charge in [0.25, 0.3) is 0 Å². The van der Waals surface area contributed by atoms with Crippen LogP contribution < -0.4 is 10.6 Å². The molecule has 0 spiro atoms. The Bertz CT molecular complexity index is 299. The molecule has 116 valence electrons. The third-order valence-corrected chi connectivity index (χ3v) is 4.41. The first-order chi connectivity index (χ1) is 9.66. The quantitative estimate of drug-likeness (QED) is 0.766. The van der Waals surface area contributed by atoms with E-state index in [2.05, 4.69) is 17.6 Å². The third kappa shape index (κ3) is 4.72. The average molecular weight is 284 g/mol. The Kier molecular flexibility index (Phi) is 6.26. The van der Waals surface area contributed by atoms with E-state index in [0.29, 0.717) is 18.5 Å². The lowest BCUT2D eigenvalue weighted by Gasteiger charge is -2.30. The third-order valence-electron chi connectivity index (χ3n) is 4.41. The Hall–Kier alpha value is -0.650. The number of amides is 1. The van der Waals surface area contributed by atoms with Gasteiger partial charge in [-0.15, -0.1) is 0 Å². The topological polar surface area (TPSA) is 59.6 Å². The molecule has 2 aliphatic heterocycles. The summed E-state index contributed by atoms with van der Waals surface area (Å²) in [5, 5.41) is 6.40. The molecule has 0 unspecified atom stereocenters. The average Bonchev–Trinajstić information content (AvgIpc) is 2.98. The smallest absolute Gasteiger partial charge is 0.236 e. The van der Waals surface area contributed by atoms with Crippen molar-refractivity contribution >= 4 is 5.91 Å². The summed E-state index contributed by atoms with van der Waals surface area (Å²) in [6.45, 7) is 7.25. The van der Waals surface area contributed by atoms with Gasteiger partial charge in [0, 0.05) is 32.4 Å². The molecule has 2 heterocycles. The van der Waals surface area contributed by atoms with Gasteiger partial charge in [-0.2, -0.15) is 0 Å². The molecule has 0 saturated carbocycles. The highest BCUT2D eigenvalue weighted by Crippen LogP contribution is 2.18. The van der Waals surface area contributed by atoms with Crippen LogP contribution in [0.4, 0.5) is 0 Å². The van der Waals surface area contributed by atoms with E-state index in [0.717, 1.165) is 45.5 Å². The van der Waals surface area contributed by atoms with E-state index >= 15 is 0 Å². The number of carbonyl (C=O) groups excluding carboxylic acids is 1. The van der Waals surface area contributed by atoms with Crippen LogP contribution in [0, 0.1) is 5.92 Å². The molecule has 1 amide bonds. The van der Waals surface area contributed by atoms with Crippen LogP contribution in [0.15, 0.2) is 0 Å². The van der Waals surface area contributed by atoms with Gasteiger partial charge in [0.05, 0.1) is 12.1 Å². The lowest BCUT2D eigenvalue weighted by molar-refractivity contribution is -0.123. The van der Waals surface area contributed by atoms with E-state index < -0.39 is 0 Å². The van der Waals surface area contributed by atoms with Crippen LogP contribution in [0.2, 0.25) is 0 Å². The SMILES string of the molecule is C[C@H](N[C@@H](C)C1CCOCC1)C(=O)NC[C@@H]1CCCO1. The Labute approximate surface area is 121 Å². The van der Waals surface area contributed by atoms with Gasteiger partial charge in [0.15, 0.2) is 0 Å². The Morgan fingerprint density at radius 2 is 1.95 bits per heavy atom. The first kappa shape index (κ1) is 15.7. The number of ether oxygens (including phenoxy) is 2. The molecule has 0 bridgehead atoms. The zero-order valence-corrected chi connectivity index (χ0v) is 12.7. The predicted molar refractivity (Wildman–Crippen MR) is 77.6 cm³/mol. The van der Waals surface area contributed by atoms with Crippen molar-refractivity contribution in [3.8, 4) is 0 Å². The van der Waals surface area contributed by atoms with Crippen molar-refractivity contribution in [2.24, 2.45) is 5.92 Å². The van der Waals surface area contributed by atoms with Gasteiger partial charge in [-0.25, -0.2) is 0 Å². The van der Waals surface area contributed by atoms with Gasteiger partial charge < -0.3 is 20.1 Å². The Morgan fingerprint density at radius 3 is 2.60 bits per heavy atom. The minimum Gasteiger partial charge on any atom is -0.381 e. The van der Waals surface area contributed by atoms with Crippen LogP contribution >= 0.6 is 0 Å². The highest BCUT2D eigenvalue weighted by molar-refractivity contribution is 5.81. The van der Waals surface area contributed by atoms with E-state index in [1.807, 2.05) is 6.92 Å². The summed E-state index contributed by atoms with van der Waals surface area (Å²) >= 11 is 0. The van der Waals surface area contributed by atoms with Crippen LogP contribution in [0.1, 0.15) is 39.5 Å². The summed E-state index contributed by atoms with van der Waals surface area (Å²) in [7, 11) is 0. The highest BCUT2D eigenvalue weighted by Gasteiger charge is 2.24. The number of hydrogen-bond acceptors (Lipinski definition) is 4. The summed E-state index contributed by atoms with van der Waals surface area (Å²) in [5.41, 5.74) is 0. The van der Waals surface area contributed by atoms with E-state index in [1.54, 1.807) is 0 Å². The number of carbonyl (C=O) groups is 1. The van der Waals surface area contributed by atoms with Crippen molar-refractivity contribution in [2.45, 2.75) is 57.7 Å². The van der Waals surface area contributed by atoms with Gasteiger partial charge in [0.1, 0.15) is 0 Å². The molecule has 5 nitrogen and oxygen atoms in total. The second-order valence-corrected chi connectivity index (χ2v) is 6.01. The van der Waals surface area contributed by atoms with Gasteiger partial charge in [-0.05, 0) is 45.4 Å². The summed E-state index contributed by atoms with van der Waals surface area (Å²) in [6.07, 6.45) is 4.53. The zero-order valence-electron chi connectivity index (χ0n) is 12.7. The maximum absolute atomic E-state index is 12.1.